The lowest BCUT2D eigenvalue weighted by molar-refractivity contribution is -0.115. The molecular weight excluding hydrogens is 350 g/mol. The van der Waals surface area contributed by atoms with Gasteiger partial charge in [-0.2, -0.15) is 0 Å². The molecule has 3 aromatic rings. The molecule has 0 aliphatic heterocycles. The van der Waals surface area contributed by atoms with Gasteiger partial charge in [-0.25, -0.2) is 4.98 Å². The lowest BCUT2D eigenvalue weighted by Gasteiger charge is -2.06. The number of benzene rings is 2. The molecule has 2 aromatic carbocycles. The molecule has 0 atom stereocenters. The fraction of sp³-hybridized carbons (Fsp3) is 0.211. The summed E-state index contributed by atoms with van der Waals surface area (Å²) in [6.45, 7) is 4.31. The van der Waals surface area contributed by atoms with E-state index in [1.807, 2.05) is 32.0 Å². The van der Waals surface area contributed by atoms with Gasteiger partial charge in [0.05, 0.1) is 23.4 Å². The number of aromatic nitrogens is 1. The number of carbonyl (C=O) groups excluding carboxylic acids is 2. The van der Waals surface area contributed by atoms with E-state index in [2.05, 4.69) is 15.6 Å². The first kappa shape index (κ1) is 17.9. The molecule has 2 amide bonds. The number of fused-ring (bicyclic) bond motifs is 1. The number of nitrogens with one attached hydrogen (secondary N) is 2. The number of thiazole rings is 1. The predicted molar refractivity (Wildman–Crippen MR) is 103 cm³/mol. The van der Waals surface area contributed by atoms with Crippen LogP contribution in [0.15, 0.2) is 42.5 Å². The van der Waals surface area contributed by atoms with Crippen LogP contribution >= 0.6 is 11.3 Å². The second-order valence-corrected chi connectivity index (χ2v) is 6.66. The van der Waals surface area contributed by atoms with E-state index in [9.17, 15) is 9.59 Å². The van der Waals surface area contributed by atoms with Gasteiger partial charge in [-0.3, -0.25) is 9.59 Å². The van der Waals surface area contributed by atoms with Crippen LogP contribution < -0.4 is 15.4 Å². The van der Waals surface area contributed by atoms with Crippen LogP contribution in [0.1, 0.15) is 22.8 Å². The third-order valence-electron chi connectivity index (χ3n) is 3.70. The van der Waals surface area contributed by atoms with Gasteiger partial charge in [0.25, 0.3) is 5.91 Å². The van der Waals surface area contributed by atoms with Crippen LogP contribution in [0.4, 0.5) is 5.13 Å². The lowest BCUT2D eigenvalue weighted by Crippen LogP contribution is -2.32. The number of nitrogens with zero attached hydrogens (tertiary/aromatic N) is 1. The van der Waals surface area contributed by atoms with Crippen molar-refractivity contribution in [2.24, 2.45) is 0 Å². The SMILES string of the molecule is CCOc1ccc(C(=O)NCC(=O)Nc2nc3c(C)cccc3s2)cc1. The molecule has 0 aliphatic carbocycles. The zero-order valence-corrected chi connectivity index (χ0v) is 15.4. The number of para-hydroxylation sites is 1. The second kappa shape index (κ2) is 7.97. The number of anilines is 1. The third-order valence-corrected chi connectivity index (χ3v) is 4.64. The van der Waals surface area contributed by atoms with E-state index < -0.39 is 0 Å². The Kier molecular flexibility index (Phi) is 5.48. The van der Waals surface area contributed by atoms with E-state index in [-0.39, 0.29) is 18.4 Å². The highest BCUT2D eigenvalue weighted by atomic mass is 32.1. The van der Waals surface area contributed by atoms with E-state index in [1.165, 1.54) is 11.3 Å². The number of carbonyl (C=O) groups is 2. The molecule has 7 heteroatoms. The molecule has 0 aliphatic rings. The van der Waals surface area contributed by atoms with E-state index in [4.69, 9.17) is 4.74 Å². The molecule has 1 aromatic heterocycles. The average molecular weight is 369 g/mol. The first-order valence-electron chi connectivity index (χ1n) is 8.24. The van der Waals surface area contributed by atoms with Crippen molar-refractivity contribution in [3.05, 3.63) is 53.6 Å². The van der Waals surface area contributed by atoms with Crippen LogP contribution in [-0.2, 0) is 4.79 Å². The molecule has 0 saturated heterocycles. The van der Waals surface area contributed by atoms with Crippen LogP contribution in [0, 0.1) is 6.92 Å². The number of ether oxygens (including phenoxy) is 1. The van der Waals surface area contributed by atoms with Gasteiger partial charge in [0.1, 0.15) is 5.75 Å². The smallest absolute Gasteiger partial charge is 0.251 e. The maximum absolute atomic E-state index is 12.1. The van der Waals surface area contributed by atoms with Crippen LogP contribution in [-0.4, -0.2) is 29.9 Å². The summed E-state index contributed by atoms with van der Waals surface area (Å²) in [5.41, 5.74) is 2.41. The highest BCUT2D eigenvalue weighted by Gasteiger charge is 2.11. The van der Waals surface area contributed by atoms with Crippen molar-refractivity contribution in [2.75, 3.05) is 18.5 Å². The molecule has 0 unspecified atom stereocenters. The summed E-state index contributed by atoms with van der Waals surface area (Å²) in [5, 5.41) is 5.85. The zero-order valence-electron chi connectivity index (χ0n) is 14.5. The molecule has 2 N–H and O–H groups in total. The zero-order chi connectivity index (χ0) is 18.5. The van der Waals surface area contributed by atoms with E-state index in [0.29, 0.717) is 23.1 Å². The van der Waals surface area contributed by atoms with Crippen molar-refractivity contribution in [1.29, 1.82) is 0 Å². The van der Waals surface area contributed by atoms with Gasteiger partial charge >= 0.3 is 0 Å². The molecule has 0 fully saturated rings. The van der Waals surface area contributed by atoms with Crippen molar-refractivity contribution in [3.63, 3.8) is 0 Å². The van der Waals surface area contributed by atoms with Crippen LogP contribution in [0.3, 0.4) is 0 Å². The van der Waals surface area contributed by atoms with Crippen molar-refractivity contribution < 1.29 is 14.3 Å². The van der Waals surface area contributed by atoms with E-state index in [0.717, 1.165) is 15.8 Å². The Morgan fingerprint density at radius 2 is 1.92 bits per heavy atom. The quantitative estimate of drug-likeness (QED) is 0.698. The number of amides is 2. The molecule has 0 spiro atoms. The van der Waals surface area contributed by atoms with Gasteiger partial charge in [0.2, 0.25) is 5.91 Å². The lowest BCUT2D eigenvalue weighted by atomic mass is 10.2. The molecule has 3 rings (SSSR count). The van der Waals surface area contributed by atoms with Crippen LogP contribution in [0.2, 0.25) is 0 Å². The Balaban J connectivity index is 1.56. The van der Waals surface area contributed by atoms with E-state index in [1.54, 1.807) is 24.3 Å². The Morgan fingerprint density at radius 3 is 2.62 bits per heavy atom. The molecule has 6 nitrogen and oxygen atoms in total. The Bertz CT molecular complexity index is 935. The van der Waals surface area contributed by atoms with Gasteiger partial charge in [-0.1, -0.05) is 23.5 Å². The minimum absolute atomic E-state index is 0.124. The van der Waals surface area contributed by atoms with E-state index >= 15 is 0 Å². The topological polar surface area (TPSA) is 80.3 Å². The average Bonchev–Trinajstić information content (AvgIpc) is 3.04. The Labute approximate surface area is 155 Å². The number of hydrogen-bond donors (Lipinski definition) is 2. The highest BCUT2D eigenvalue weighted by Crippen LogP contribution is 2.27. The molecule has 0 radical (unpaired) electrons. The van der Waals surface area contributed by atoms with Crippen molar-refractivity contribution >= 4 is 38.5 Å². The van der Waals surface area contributed by atoms with Crippen molar-refractivity contribution in [2.45, 2.75) is 13.8 Å². The number of hydrogen-bond acceptors (Lipinski definition) is 5. The molecular formula is C19H19N3O3S. The predicted octanol–water partition coefficient (Wildman–Crippen LogP) is 3.37. The van der Waals surface area contributed by atoms with Crippen LogP contribution in [0.5, 0.6) is 5.75 Å². The summed E-state index contributed by atoms with van der Waals surface area (Å²) >= 11 is 1.41. The van der Waals surface area contributed by atoms with Gasteiger partial charge in [0.15, 0.2) is 5.13 Å². The summed E-state index contributed by atoms with van der Waals surface area (Å²) < 4.78 is 6.35. The summed E-state index contributed by atoms with van der Waals surface area (Å²) in [7, 11) is 0. The second-order valence-electron chi connectivity index (χ2n) is 5.63. The van der Waals surface area contributed by atoms with Gasteiger partial charge in [-0.15, -0.1) is 0 Å². The molecule has 0 bridgehead atoms. The van der Waals surface area contributed by atoms with Gasteiger partial charge < -0.3 is 15.4 Å². The van der Waals surface area contributed by atoms with Gasteiger partial charge in [0, 0.05) is 5.56 Å². The maximum atomic E-state index is 12.1. The van der Waals surface area contributed by atoms with Crippen molar-refractivity contribution in [3.8, 4) is 5.75 Å². The molecule has 26 heavy (non-hydrogen) atoms. The summed E-state index contributed by atoms with van der Waals surface area (Å²) in [6, 6.07) is 12.7. The minimum atomic E-state index is -0.319. The first-order valence-corrected chi connectivity index (χ1v) is 9.05. The maximum Gasteiger partial charge on any atom is 0.251 e. The summed E-state index contributed by atoms with van der Waals surface area (Å²) in [6.07, 6.45) is 0. The highest BCUT2D eigenvalue weighted by molar-refractivity contribution is 7.22. The summed E-state index contributed by atoms with van der Waals surface area (Å²) in [4.78, 5) is 28.6. The van der Waals surface area contributed by atoms with Crippen LogP contribution in [0.25, 0.3) is 10.2 Å². The first-order chi connectivity index (χ1) is 12.6. The summed E-state index contributed by atoms with van der Waals surface area (Å²) in [5.74, 6) is 0.0669. The van der Waals surface area contributed by atoms with Crippen molar-refractivity contribution in [1.82, 2.24) is 10.3 Å². The standard InChI is InChI=1S/C19H19N3O3S/c1-3-25-14-9-7-13(8-10-14)18(24)20-11-16(23)21-19-22-17-12(2)5-4-6-15(17)26-19/h4-10H,3,11H2,1-2H3,(H,20,24)(H,21,22,23). The number of aryl methyl sites for hydroxylation is 1. The normalized spacial score (nSPS) is 10.5. The van der Waals surface area contributed by atoms with Gasteiger partial charge in [-0.05, 0) is 49.7 Å². The molecule has 134 valence electrons. The Hall–Kier alpha value is -2.93. The minimum Gasteiger partial charge on any atom is -0.494 e. The third kappa shape index (κ3) is 4.18. The fourth-order valence-electron chi connectivity index (χ4n) is 2.43. The largest absolute Gasteiger partial charge is 0.494 e. The molecule has 0 saturated carbocycles. The Morgan fingerprint density at radius 1 is 1.15 bits per heavy atom. The molecule has 1 heterocycles. The monoisotopic (exact) mass is 369 g/mol. The number of rotatable bonds is 6. The fourth-order valence-corrected chi connectivity index (χ4v) is 3.39.